The summed E-state index contributed by atoms with van der Waals surface area (Å²) >= 11 is 6.22. The predicted octanol–water partition coefficient (Wildman–Crippen LogP) is 2.71. The molecule has 2 N–H and O–H groups in total. The molecule has 0 bridgehead atoms. The van der Waals surface area contributed by atoms with Crippen LogP contribution >= 0.6 is 11.6 Å². The van der Waals surface area contributed by atoms with Crippen LogP contribution in [-0.4, -0.2) is 76.6 Å². The molecule has 2 aliphatic heterocycles. The number of aliphatic hydroxyl groups is 1. The third kappa shape index (κ3) is 5.43. The van der Waals surface area contributed by atoms with Gasteiger partial charge in [0.15, 0.2) is 0 Å². The van der Waals surface area contributed by atoms with Gasteiger partial charge in [-0.25, -0.2) is 0 Å². The minimum atomic E-state index is -0.805. The molecule has 0 radical (unpaired) electrons. The molecule has 1 saturated carbocycles. The molecule has 8 heteroatoms. The molecule has 34 heavy (non-hydrogen) atoms. The van der Waals surface area contributed by atoms with Gasteiger partial charge in [-0.15, -0.1) is 5.73 Å². The smallest absolute Gasteiger partial charge is 0.250 e. The van der Waals surface area contributed by atoms with Crippen molar-refractivity contribution in [1.29, 1.82) is 0 Å². The fraction of sp³-hybridized carbons (Fsp3) is 0.577. The van der Waals surface area contributed by atoms with E-state index >= 15 is 0 Å². The van der Waals surface area contributed by atoms with Crippen molar-refractivity contribution in [3.63, 3.8) is 0 Å². The first-order valence-corrected chi connectivity index (χ1v) is 12.4. The van der Waals surface area contributed by atoms with Gasteiger partial charge in [0.2, 0.25) is 5.91 Å². The lowest BCUT2D eigenvalue weighted by molar-refractivity contribution is -0.151. The molecule has 1 saturated heterocycles. The van der Waals surface area contributed by atoms with Crippen molar-refractivity contribution in [3.8, 4) is 0 Å². The second-order valence-electron chi connectivity index (χ2n) is 10.3. The standard InChI is InChI=1S/C26H35ClN4O3/c1-17-29(4)23(21-11-10-20(27)6-5-7-22(21)28-13-18-8-9-18)12-24(32)31(17)16-25(33)30-14-19(15-30)26(2,3)34/h5,10-12,17-19,28,34H,7-9,13-16H2,1-4H3. The van der Waals surface area contributed by atoms with Crippen LogP contribution in [-0.2, 0) is 9.59 Å². The highest BCUT2D eigenvalue weighted by atomic mass is 35.5. The van der Waals surface area contributed by atoms with Crippen molar-refractivity contribution in [2.45, 2.75) is 51.8 Å². The zero-order valence-corrected chi connectivity index (χ0v) is 21.2. The Morgan fingerprint density at radius 2 is 2.00 bits per heavy atom. The number of rotatable bonds is 7. The van der Waals surface area contributed by atoms with E-state index in [0.29, 0.717) is 30.5 Å². The normalized spacial score (nSPS) is 24.0. The third-order valence-corrected chi connectivity index (χ3v) is 7.55. The van der Waals surface area contributed by atoms with Gasteiger partial charge in [0.1, 0.15) is 12.7 Å². The average molecular weight is 487 g/mol. The first-order chi connectivity index (χ1) is 16.0. The molecular weight excluding hydrogens is 452 g/mol. The van der Waals surface area contributed by atoms with Gasteiger partial charge in [-0.3, -0.25) is 9.59 Å². The van der Waals surface area contributed by atoms with E-state index in [1.54, 1.807) is 35.8 Å². The SMILES string of the molecule is CC1N(C)C(C2=C(NCC3CC3)CC=C=C(Cl)C=C2)=CC(=O)N1CC(=O)N1CC(C(C)(C)O)C1. The molecule has 0 spiro atoms. The molecule has 7 nitrogen and oxygen atoms in total. The molecule has 2 aliphatic carbocycles. The zero-order valence-electron chi connectivity index (χ0n) is 20.5. The van der Waals surface area contributed by atoms with Gasteiger partial charge >= 0.3 is 0 Å². The van der Waals surface area contributed by atoms with E-state index in [1.807, 2.05) is 31.0 Å². The molecule has 4 aliphatic rings. The summed E-state index contributed by atoms with van der Waals surface area (Å²) < 4.78 is 0. The number of carbonyl (C=O) groups is 2. The van der Waals surface area contributed by atoms with Gasteiger partial charge in [-0.05, 0) is 57.8 Å². The van der Waals surface area contributed by atoms with Crippen LogP contribution in [0, 0.1) is 11.8 Å². The van der Waals surface area contributed by atoms with E-state index in [9.17, 15) is 14.7 Å². The number of likely N-dealkylation sites (N-methyl/N-ethyl adjacent to an activating group) is 1. The molecule has 2 amide bonds. The minimum absolute atomic E-state index is 0.0195. The fourth-order valence-corrected chi connectivity index (χ4v) is 4.55. The Morgan fingerprint density at radius 3 is 2.65 bits per heavy atom. The second-order valence-corrected chi connectivity index (χ2v) is 10.7. The molecule has 2 fully saturated rings. The summed E-state index contributed by atoms with van der Waals surface area (Å²) in [6, 6.07) is 0. The van der Waals surface area contributed by atoms with Crippen LogP contribution in [0.15, 0.2) is 52.0 Å². The van der Waals surface area contributed by atoms with Gasteiger partial charge in [0, 0.05) is 56.4 Å². The van der Waals surface area contributed by atoms with Gasteiger partial charge < -0.3 is 25.1 Å². The summed E-state index contributed by atoms with van der Waals surface area (Å²) in [5.74, 6) is 0.499. The van der Waals surface area contributed by atoms with E-state index in [2.05, 4.69) is 11.0 Å². The summed E-state index contributed by atoms with van der Waals surface area (Å²) in [6.07, 6.45) is 10.1. The van der Waals surface area contributed by atoms with Crippen LogP contribution in [0.1, 0.15) is 40.0 Å². The van der Waals surface area contributed by atoms with Crippen LogP contribution < -0.4 is 5.32 Å². The van der Waals surface area contributed by atoms with E-state index in [4.69, 9.17) is 11.6 Å². The predicted molar refractivity (Wildman–Crippen MR) is 132 cm³/mol. The quantitative estimate of drug-likeness (QED) is 0.541. The maximum absolute atomic E-state index is 13.2. The molecular formula is C26H35ClN4O3. The third-order valence-electron chi connectivity index (χ3n) is 7.32. The van der Waals surface area contributed by atoms with Crippen LogP contribution in [0.3, 0.4) is 0 Å². The summed E-state index contributed by atoms with van der Waals surface area (Å²) in [7, 11) is 1.94. The Hall–Kier alpha value is -2.47. The summed E-state index contributed by atoms with van der Waals surface area (Å²) in [6.45, 7) is 7.44. The first-order valence-electron chi connectivity index (χ1n) is 12.1. The number of nitrogens with one attached hydrogen (secondary N) is 1. The number of likely N-dealkylation sites (tertiary alicyclic amines) is 1. The highest BCUT2D eigenvalue weighted by Gasteiger charge is 2.41. The molecule has 4 rings (SSSR count). The Balaban J connectivity index is 1.51. The van der Waals surface area contributed by atoms with Gasteiger partial charge in [0.05, 0.1) is 16.3 Å². The van der Waals surface area contributed by atoms with Crippen LogP contribution in [0.2, 0.25) is 0 Å². The largest absolute Gasteiger partial charge is 0.390 e. The molecule has 2 heterocycles. The van der Waals surface area contributed by atoms with Crippen LogP contribution in [0.5, 0.6) is 0 Å². The molecule has 1 unspecified atom stereocenters. The molecule has 0 aromatic carbocycles. The summed E-state index contributed by atoms with van der Waals surface area (Å²) in [4.78, 5) is 31.4. The molecule has 0 aromatic heterocycles. The van der Waals surface area contributed by atoms with Crippen LogP contribution in [0.25, 0.3) is 0 Å². The number of amides is 2. The summed E-state index contributed by atoms with van der Waals surface area (Å²) in [5.41, 5.74) is 5.04. The Bertz CT molecular complexity index is 1010. The van der Waals surface area contributed by atoms with Crippen LogP contribution in [0.4, 0.5) is 0 Å². The van der Waals surface area contributed by atoms with E-state index in [-0.39, 0.29) is 30.4 Å². The highest BCUT2D eigenvalue weighted by molar-refractivity contribution is 6.31. The van der Waals surface area contributed by atoms with Gasteiger partial charge in [-0.2, -0.15) is 0 Å². The van der Waals surface area contributed by atoms with Crippen molar-refractivity contribution in [1.82, 2.24) is 20.0 Å². The van der Waals surface area contributed by atoms with E-state index in [1.165, 1.54) is 12.8 Å². The highest BCUT2D eigenvalue weighted by Crippen LogP contribution is 2.32. The number of nitrogens with zero attached hydrogens (tertiary/aromatic N) is 3. The summed E-state index contributed by atoms with van der Waals surface area (Å²) in [5, 5.41) is 14.2. The Labute approximate surface area is 207 Å². The van der Waals surface area contributed by atoms with Crippen molar-refractivity contribution in [2.24, 2.45) is 11.8 Å². The molecule has 184 valence electrons. The van der Waals surface area contributed by atoms with Crippen molar-refractivity contribution < 1.29 is 14.7 Å². The monoisotopic (exact) mass is 486 g/mol. The lowest BCUT2D eigenvalue weighted by atomic mass is 9.84. The maximum Gasteiger partial charge on any atom is 0.250 e. The molecule has 0 aromatic rings. The van der Waals surface area contributed by atoms with Crippen molar-refractivity contribution in [2.75, 3.05) is 33.2 Å². The first kappa shape index (κ1) is 24.6. The second kappa shape index (κ2) is 9.65. The minimum Gasteiger partial charge on any atom is -0.390 e. The van der Waals surface area contributed by atoms with Gasteiger partial charge in [-0.1, -0.05) is 11.6 Å². The topological polar surface area (TPSA) is 76.1 Å². The number of carbonyl (C=O) groups excluding carboxylic acids is 2. The molecule has 1 atom stereocenters. The number of allylic oxidation sites excluding steroid dienone is 3. The Kier molecular flexibility index (Phi) is 6.99. The van der Waals surface area contributed by atoms with E-state index in [0.717, 1.165) is 23.5 Å². The number of halogens is 1. The number of hydrogen-bond donors (Lipinski definition) is 2. The zero-order chi connectivity index (χ0) is 24.6. The van der Waals surface area contributed by atoms with E-state index < -0.39 is 5.60 Å². The van der Waals surface area contributed by atoms with Gasteiger partial charge in [0.25, 0.3) is 5.91 Å². The lowest BCUT2D eigenvalue weighted by Crippen LogP contribution is -2.61. The maximum atomic E-state index is 13.2. The fourth-order valence-electron chi connectivity index (χ4n) is 4.41. The van der Waals surface area contributed by atoms with Crippen molar-refractivity contribution >= 4 is 23.4 Å². The lowest BCUT2D eigenvalue weighted by Gasteiger charge is -2.47. The van der Waals surface area contributed by atoms with Crippen molar-refractivity contribution in [3.05, 3.63) is 52.0 Å². The number of hydrogen-bond acceptors (Lipinski definition) is 5. The average Bonchev–Trinajstić information content (AvgIpc) is 3.53. The Morgan fingerprint density at radius 1 is 1.29 bits per heavy atom.